The molecule has 0 saturated carbocycles. The summed E-state index contributed by atoms with van der Waals surface area (Å²) in [4.78, 5) is 0. The van der Waals surface area contributed by atoms with E-state index in [0.29, 0.717) is 0 Å². The van der Waals surface area contributed by atoms with Crippen molar-refractivity contribution in [1.82, 2.24) is 0 Å². The molecule has 0 nitrogen and oxygen atoms in total. The van der Waals surface area contributed by atoms with Crippen molar-refractivity contribution in [3.05, 3.63) is 0 Å². The van der Waals surface area contributed by atoms with Crippen LogP contribution >= 0.6 is 49.6 Å². The largest absolute Gasteiger partial charge is 0.147 e. The Balaban J connectivity index is 0. The van der Waals surface area contributed by atoms with Gasteiger partial charge in [0.2, 0.25) is 0 Å². The van der Waals surface area contributed by atoms with Crippen molar-refractivity contribution in [2.45, 2.75) is 0 Å². The summed E-state index contributed by atoms with van der Waals surface area (Å²) in [7, 11) is 0. The minimum atomic E-state index is 0. The molecule has 0 heterocycles. The van der Waals surface area contributed by atoms with E-state index in [1.807, 2.05) is 0 Å². The summed E-state index contributed by atoms with van der Waals surface area (Å²) in [5.74, 6) is 0. The van der Waals surface area contributed by atoms with Crippen molar-refractivity contribution in [3.63, 3.8) is 0 Å². The molecule has 51 valence electrons. The van der Waals surface area contributed by atoms with Crippen molar-refractivity contribution < 1.29 is 17.1 Å². The third-order valence-electron chi connectivity index (χ3n) is 0. The van der Waals surface area contributed by atoms with Gasteiger partial charge in [0.1, 0.15) is 0 Å². The minimum absolute atomic E-state index is 0. The molecule has 0 aromatic carbocycles. The maximum absolute atomic E-state index is 0. The standard InChI is InChI=1S/4ClH.Cu.H4Si/h4*1H;;1H4. The van der Waals surface area contributed by atoms with Crippen LogP contribution in [0.2, 0.25) is 0 Å². The molecule has 6 heavy (non-hydrogen) atoms. The zero-order chi connectivity index (χ0) is 0. The van der Waals surface area contributed by atoms with Crippen molar-refractivity contribution in [2.75, 3.05) is 0 Å². The third-order valence-corrected chi connectivity index (χ3v) is 0. The van der Waals surface area contributed by atoms with Gasteiger partial charge < -0.3 is 0 Å². The molecule has 0 amide bonds. The molecule has 0 bridgehead atoms. The van der Waals surface area contributed by atoms with Crippen molar-refractivity contribution in [1.29, 1.82) is 0 Å². The Labute approximate surface area is 77.3 Å². The van der Waals surface area contributed by atoms with Crippen LogP contribution in [0.15, 0.2) is 0 Å². The zero-order valence-corrected chi connectivity index (χ0v) is 6.14. The Hall–Kier alpha value is 1.90. The van der Waals surface area contributed by atoms with Gasteiger partial charge >= 0.3 is 0 Å². The molecule has 0 aromatic rings. The van der Waals surface area contributed by atoms with E-state index in [9.17, 15) is 0 Å². The van der Waals surface area contributed by atoms with E-state index >= 15 is 0 Å². The van der Waals surface area contributed by atoms with E-state index in [0.717, 1.165) is 0 Å². The summed E-state index contributed by atoms with van der Waals surface area (Å²) in [5, 5.41) is 0. The molecule has 0 spiro atoms. The molecule has 0 aliphatic heterocycles. The Bertz CT molecular complexity index is 7.51. The summed E-state index contributed by atoms with van der Waals surface area (Å²) in [6.07, 6.45) is 0. The first-order chi connectivity index (χ1) is 0. The van der Waals surface area contributed by atoms with E-state index in [4.69, 9.17) is 0 Å². The van der Waals surface area contributed by atoms with Gasteiger partial charge in [-0.2, -0.15) is 0 Å². The molecule has 0 unspecified atom stereocenters. The van der Waals surface area contributed by atoms with Gasteiger partial charge in [-0.1, -0.05) is 0 Å². The first-order valence-corrected chi connectivity index (χ1v) is 0. The van der Waals surface area contributed by atoms with Crippen molar-refractivity contribution in [2.24, 2.45) is 0 Å². The predicted octanol–water partition coefficient (Wildman–Crippen LogP) is 0.233. The molecule has 0 atom stereocenters. The SMILES string of the molecule is Cl.Cl.Cl.Cl.[Cu].[SiH4]. The van der Waals surface area contributed by atoms with Crippen LogP contribution in [0.3, 0.4) is 0 Å². The van der Waals surface area contributed by atoms with Gasteiger partial charge in [0.25, 0.3) is 0 Å². The Morgan fingerprint density at radius 1 is 0.500 bits per heavy atom. The molecule has 0 saturated heterocycles. The van der Waals surface area contributed by atoms with Crippen LogP contribution in [-0.4, -0.2) is 11.0 Å². The molecule has 0 aliphatic rings. The normalized spacial score (nSPS) is 0. The Morgan fingerprint density at radius 3 is 0.500 bits per heavy atom. The van der Waals surface area contributed by atoms with Gasteiger partial charge in [-0.3, -0.25) is 0 Å². The van der Waals surface area contributed by atoms with E-state index in [-0.39, 0.29) is 77.7 Å². The third kappa shape index (κ3) is 39.3. The van der Waals surface area contributed by atoms with Gasteiger partial charge in [-0.15, -0.1) is 49.6 Å². The summed E-state index contributed by atoms with van der Waals surface area (Å²) < 4.78 is 0. The number of rotatable bonds is 0. The van der Waals surface area contributed by atoms with Gasteiger partial charge in [-0.25, -0.2) is 0 Å². The van der Waals surface area contributed by atoms with Crippen LogP contribution in [0.25, 0.3) is 0 Å². The summed E-state index contributed by atoms with van der Waals surface area (Å²) in [5.41, 5.74) is 0. The molecule has 0 N–H and O–H groups in total. The summed E-state index contributed by atoms with van der Waals surface area (Å²) in [6, 6.07) is 0. The van der Waals surface area contributed by atoms with E-state index in [1.165, 1.54) is 0 Å². The van der Waals surface area contributed by atoms with Crippen molar-refractivity contribution in [3.8, 4) is 0 Å². The van der Waals surface area contributed by atoms with Crippen LogP contribution < -0.4 is 0 Å². The van der Waals surface area contributed by atoms with Gasteiger partial charge in [0.15, 0.2) is 0 Å². The first kappa shape index (κ1) is 104. The fourth-order valence-corrected chi connectivity index (χ4v) is 0. The molecule has 0 rings (SSSR count). The molecule has 6 heteroatoms. The molecule has 0 fully saturated rings. The minimum Gasteiger partial charge on any atom is -0.147 e. The monoisotopic (exact) mass is 239 g/mol. The Morgan fingerprint density at radius 2 is 0.500 bits per heavy atom. The predicted molar refractivity (Wildman–Crippen MR) is 40.3 cm³/mol. The maximum Gasteiger partial charge on any atom is 0 e. The second-order valence-electron chi connectivity index (χ2n) is 0. The van der Waals surface area contributed by atoms with E-state index < -0.39 is 0 Å². The molecule has 1 radical (unpaired) electrons. The summed E-state index contributed by atoms with van der Waals surface area (Å²) >= 11 is 0. The zero-order valence-electron chi connectivity index (χ0n) is 1.93. The smallest absolute Gasteiger partial charge is 0 e. The molecular weight excluding hydrogens is 233 g/mol. The maximum atomic E-state index is 0. The van der Waals surface area contributed by atoms with Crippen LogP contribution in [0.5, 0.6) is 0 Å². The second-order valence-corrected chi connectivity index (χ2v) is 0. The second kappa shape index (κ2) is 66.7. The molecular formula is H8Cl4CuSi. The number of hydrogen-bond donors (Lipinski definition) is 0. The quantitative estimate of drug-likeness (QED) is 0.533. The van der Waals surface area contributed by atoms with Gasteiger partial charge in [0.05, 0.1) is 0 Å². The number of hydrogen-bond acceptors (Lipinski definition) is 0. The molecule has 0 aliphatic carbocycles. The molecule has 0 aromatic heterocycles. The fourth-order valence-electron chi connectivity index (χ4n) is 0. The van der Waals surface area contributed by atoms with Crippen LogP contribution in [0.4, 0.5) is 0 Å². The van der Waals surface area contributed by atoms with Crippen LogP contribution in [-0.2, 0) is 17.1 Å². The number of halogens is 4. The fraction of sp³-hybridized carbons (Fsp3) is 0. The first-order valence-electron chi connectivity index (χ1n) is 0. The summed E-state index contributed by atoms with van der Waals surface area (Å²) in [6.45, 7) is 0. The average molecular weight is 242 g/mol. The average Bonchev–Trinajstić information content (AvgIpc) is 0. The van der Waals surface area contributed by atoms with E-state index in [2.05, 4.69) is 0 Å². The van der Waals surface area contributed by atoms with Crippen LogP contribution in [0.1, 0.15) is 0 Å². The van der Waals surface area contributed by atoms with Crippen molar-refractivity contribution >= 4 is 60.6 Å². The van der Waals surface area contributed by atoms with E-state index in [1.54, 1.807) is 0 Å². The van der Waals surface area contributed by atoms with Gasteiger partial charge in [0, 0.05) is 17.1 Å². The Kier molecular flexibility index (Phi) is 1160. The topological polar surface area (TPSA) is 0 Å². The van der Waals surface area contributed by atoms with Crippen LogP contribution in [0, 0.1) is 0 Å². The van der Waals surface area contributed by atoms with Gasteiger partial charge in [-0.05, 0) is 11.0 Å².